The number of sulfone groups is 1. The summed E-state index contributed by atoms with van der Waals surface area (Å²) >= 11 is 0. The zero-order valence-electron chi connectivity index (χ0n) is 10.1. The number of benzene rings is 1. The standard InChI is InChI=1S/C11H16FNO3S2/c1-2-6-18(15,16)7-5-17(14)11-8-9(12)3-4-10(11)13/h3-4,8H,2,5-7,13H2,1H3. The van der Waals surface area contributed by atoms with E-state index in [2.05, 4.69) is 0 Å². The maximum absolute atomic E-state index is 13.0. The number of hydrogen-bond donors (Lipinski definition) is 1. The Morgan fingerprint density at radius 3 is 2.61 bits per heavy atom. The molecule has 0 amide bonds. The van der Waals surface area contributed by atoms with Gasteiger partial charge in [0.15, 0.2) is 9.84 Å². The number of hydrogen-bond acceptors (Lipinski definition) is 4. The van der Waals surface area contributed by atoms with Crippen LogP contribution in [0.15, 0.2) is 23.1 Å². The number of anilines is 1. The van der Waals surface area contributed by atoms with Crippen molar-refractivity contribution in [3.05, 3.63) is 24.0 Å². The molecule has 18 heavy (non-hydrogen) atoms. The third kappa shape index (κ3) is 4.38. The fourth-order valence-corrected chi connectivity index (χ4v) is 4.67. The first-order valence-electron chi connectivity index (χ1n) is 5.49. The van der Waals surface area contributed by atoms with Gasteiger partial charge in [-0.05, 0) is 24.6 Å². The van der Waals surface area contributed by atoms with E-state index in [1.807, 2.05) is 0 Å². The van der Waals surface area contributed by atoms with Crippen LogP contribution in [-0.4, -0.2) is 29.9 Å². The zero-order chi connectivity index (χ0) is 13.8. The Morgan fingerprint density at radius 1 is 1.33 bits per heavy atom. The van der Waals surface area contributed by atoms with Gasteiger partial charge in [-0.3, -0.25) is 4.21 Å². The van der Waals surface area contributed by atoms with Crippen LogP contribution in [0.4, 0.5) is 10.1 Å². The Balaban J connectivity index is 2.75. The minimum atomic E-state index is -3.19. The summed E-state index contributed by atoms with van der Waals surface area (Å²) in [6.07, 6.45) is 0.525. The summed E-state index contributed by atoms with van der Waals surface area (Å²) < 4.78 is 47.8. The fraction of sp³-hybridized carbons (Fsp3) is 0.455. The van der Waals surface area contributed by atoms with Crippen molar-refractivity contribution < 1.29 is 17.0 Å². The largest absolute Gasteiger partial charge is 0.398 e. The fourth-order valence-electron chi connectivity index (χ4n) is 1.43. The van der Waals surface area contributed by atoms with Gasteiger partial charge in [0.25, 0.3) is 0 Å². The highest BCUT2D eigenvalue weighted by Gasteiger charge is 2.15. The first kappa shape index (κ1) is 15.1. The van der Waals surface area contributed by atoms with Crippen LogP contribution in [0.1, 0.15) is 13.3 Å². The Kier molecular flexibility index (Phi) is 5.28. The van der Waals surface area contributed by atoms with Crippen LogP contribution < -0.4 is 5.73 Å². The molecule has 0 spiro atoms. The van der Waals surface area contributed by atoms with Crippen molar-refractivity contribution in [2.24, 2.45) is 0 Å². The van der Waals surface area contributed by atoms with Crippen LogP contribution in [0.2, 0.25) is 0 Å². The molecular weight excluding hydrogens is 277 g/mol. The number of nitrogen functional groups attached to an aromatic ring is 1. The van der Waals surface area contributed by atoms with Crippen molar-refractivity contribution in [1.82, 2.24) is 0 Å². The first-order chi connectivity index (χ1) is 8.35. The monoisotopic (exact) mass is 293 g/mol. The molecule has 0 saturated carbocycles. The molecule has 1 aromatic rings. The molecule has 0 fully saturated rings. The van der Waals surface area contributed by atoms with E-state index in [1.54, 1.807) is 6.92 Å². The summed E-state index contributed by atoms with van der Waals surface area (Å²) in [4.78, 5) is 0.154. The molecule has 0 aliphatic heterocycles. The van der Waals surface area contributed by atoms with Gasteiger partial charge in [-0.25, -0.2) is 12.8 Å². The Labute approximate surface area is 109 Å². The lowest BCUT2D eigenvalue weighted by Crippen LogP contribution is -2.16. The Morgan fingerprint density at radius 2 is 2.00 bits per heavy atom. The normalized spacial score (nSPS) is 13.4. The number of nitrogens with two attached hydrogens (primary N) is 1. The van der Waals surface area contributed by atoms with E-state index in [4.69, 9.17) is 5.73 Å². The quantitative estimate of drug-likeness (QED) is 0.803. The lowest BCUT2D eigenvalue weighted by Gasteiger charge is -2.06. The molecule has 1 rings (SSSR count). The maximum atomic E-state index is 13.0. The third-order valence-electron chi connectivity index (χ3n) is 2.32. The van der Waals surface area contributed by atoms with Crippen LogP contribution in [-0.2, 0) is 20.6 Å². The third-order valence-corrected chi connectivity index (χ3v) is 5.85. The molecule has 1 aromatic carbocycles. The van der Waals surface area contributed by atoms with E-state index < -0.39 is 26.5 Å². The highest BCUT2D eigenvalue weighted by Crippen LogP contribution is 2.18. The molecule has 0 aromatic heterocycles. The van der Waals surface area contributed by atoms with Gasteiger partial charge in [0.05, 0.1) is 21.4 Å². The summed E-state index contributed by atoms with van der Waals surface area (Å²) in [5, 5.41) is 0. The Bertz CT molecular complexity index is 543. The van der Waals surface area contributed by atoms with Gasteiger partial charge in [0.1, 0.15) is 5.82 Å². The van der Waals surface area contributed by atoms with Gasteiger partial charge in [-0.1, -0.05) is 6.92 Å². The molecule has 1 unspecified atom stereocenters. The summed E-state index contributed by atoms with van der Waals surface area (Å²) in [6, 6.07) is 3.57. The molecule has 0 bridgehead atoms. The van der Waals surface area contributed by atoms with Gasteiger partial charge in [-0.2, -0.15) is 0 Å². The van der Waals surface area contributed by atoms with Crippen LogP contribution in [0.3, 0.4) is 0 Å². The molecular formula is C11H16FNO3S2. The SMILES string of the molecule is CCCS(=O)(=O)CCS(=O)c1cc(F)ccc1N. The molecule has 0 aliphatic rings. The van der Waals surface area contributed by atoms with E-state index in [0.717, 1.165) is 6.07 Å². The van der Waals surface area contributed by atoms with E-state index in [0.29, 0.717) is 6.42 Å². The average Bonchev–Trinajstić information content (AvgIpc) is 2.29. The average molecular weight is 293 g/mol. The molecule has 2 N–H and O–H groups in total. The topological polar surface area (TPSA) is 77.2 Å². The van der Waals surface area contributed by atoms with Crippen molar-refractivity contribution in [3.63, 3.8) is 0 Å². The predicted octanol–water partition coefficient (Wildman–Crippen LogP) is 1.34. The first-order valence-corrected chi connectivity index (χ1v) is 8.63. The van der Waals surface area contributed by atoms with Crippen molar-refractivity contribution in [1.29, 1.82) is 0 Å². The van der Waals surface area contributed by atoms with Gasteiger partial charge in [-0.15, -0.1) is 0 Å². The second-order valence-electron chi connectivity index (χ2n) is 3.88. The molecule has 0 radical (unpaired) electrons. The summed E-state index contributed by atoms with van der Waals surface area (Å²) in [6.45, 7) is 1.76. The highest BCUT2D eigenvalue weighted by atomic mass is 32.2. The smallest absolute Gasteiger partial charge is 0.151 e. The lowest BCUT2D eigenvalue weighted by molar-refractivity contribution is 0.595. The second-order valence-corrected chi connectivity index (χ2v) is 7.73. The van der Waals surface area contributed by atoms with Crippen molar-refractivity contribution >= 4 is 26.3 Å². The van der Waals surface area contributed by atoms with Crippen LogP contribution in [0.25, 0.3) is 0 Å². The predicted molar refractivity (Wildman–Crippen MR) is 71.0 cm³/mol. The van der Waals surface area contributed by atoms with Crippen LogP contribution >= 0.6 is 0 Å². The van der Waals surface area contributed by atoms with E-state index >= 15 is 0 Å². The van der Waals surface area contributed by atoms with Crippen molar-refractivity contribution in [2.75, 3.05) is 23.0 Å². The Hall–Kier alpha value is -0.950. The molecule has 0 saturated heterocycles. The van der Waals surface area contributed by atoms with Gasteiger partial charge in [0.2, 0.25) is 0 Å². The maximum Gasteiger partial charge on any atom is 0.151 e. The number of rotatable bonds is 6. The van der Waals surface area contributed by atoms with Gasteiger partial charge >= 0.3 is 0 Å². The zero-order valence-corrected chi connectivity index (χ0v) is 11.7. The molecule has 0 aliphatic carbocycles. The summed E-state index contributed by atoms with van der Waals surface area (Å²) in [5.74, 6) is -0.702. The molecule has 1 atom stereocenters. The van der Waals surface area contributed by atoms with Crippen LogP contribution in [0.5, 0.6) is 0 Å². The van der Waals surface area contributed by atoms with Crippen molar-refractivity contribution in [3.8, 4) is 0 Å². The van der Waals surface area contributed by atoms with E-state index in [-0.39, 0.29) is 27.8 Å². The van der Waals surface area contributed by atoms with E-state index in [1.165, 1.54) is 12.1 Å². The minimum absolute atomic E-state index is 0.0595. The highest BCUT2D eigenvalue weighted by molar-refractivity contribution is 7.93. The molecule has 0 heterocycles. The van der Waals surface area contributed by atoms with Crippen LogP contribution in [0, 0.1) is 5.82 Å². The minimum Gasteiger partial charge on any atom is -0.398 e. The summed E-state index contributed by atoms with van der Waals surface area (Å²) in [5.41, 5.74) is 5.79. The van der Waals surface area contributed by atoms with Gasteiger partial charge in [0, 0.05) is 17.2 Å². The second kappa shape index (κ2) is 6.29. The lowest BCUT2D eigenvalue weighted by atomic mass is 10.3. The van der Waals surface area contributed by atoms with Gasteiger partial charge < -0.3 is 5.73 Å². The molecule has 7 heteroatoms. The molecule has 4 nitrogen and oxygen atoms in total. The number of halogens is 1. The van der Waals surface area contributed by atoms with E-state index in [9.17, 15) is 17.0 Å². The summed E-state index contributed by atoms with van der Waals surface area (Å²) in [7, 11) is -4.78. The molecule has 102 valence electrons. The van der Waals surface area contributed by atoms with Crippen molar-refractivity contribution in [2.45, 2.75) is 18.2 Å².